The van der Waals surface area contributed by atoms with E-state index in [9.17, 15) is 10.1 Å². The number of carbonyl (C=O) groups excluding carboxylic acids is 1. The minimum absolute atomic E-state index is 0.00418. The molecule has 2 rings (SSSR count). The lowest BCUT2D eigenvalue weighted by Gasteiger charge is -2.13. The largest absolute Gasteiger partial charge is 0.392 e. The molecule has 2 aromatic rings. The highest BCUT2D eigenvalue weighted by Gasteiger charge is 2.12. The number of nitriles is 1. The first-order valence-corrected chi connectivity index (χ1v) is 8.47. The van der Waals surface area contributed by atoms with Crippen LogP contribution in [0.15, 0.2) is 60.3 Å². The summed E-state index contributed by atoms with van der Waals surface area (Å²) < 4.78 is 0. The number of hydrogen-bond acceptors (Lipinski definition) is 4. The summed E-state index contributed by atoms with van der Waals surface area (Å²) in [6.45, 7) is 4.59. The van der Waals surface area contributed by atoms with Gasteiger partial charge in [0.15, 0.2) is 0 Å². The lowest BCUT2D eigenvalue weighted by molar-refractivity contribution is -0.112. The van der Waals surface area contributed by atoms with Crippen LogP contribution < -0.4 is 10.6 Å². The lowest BCUT2D eigenvalue weighted by atomic mass is 10.0. The number of amides is 1. The molecule has 26 heavy (non-hydrogen) atoms. The molecule has 134 valence electrons. The van der Waals surface area contributed by atoms with Crippen LogP contribution in [0, 0.1) is 11.3 Å². The predicted molar refractivity (Wildman–Crippen MR) is 102 cm³/mol. The van der Waals surface area contributed by atoms with Crippen molar-refractivity contribution >= 4 is 11.6 Å². The Kier molecular flexibility index (Phi) is 6.95. The fourth-order valence-corrected chi connectivity index (χ4v) is 2.49. The smallest absolute Gasteiger partial charge is 0.267 e. The van der Waals surface area contributed by atoms with E-state index < -0.39 is 5.91 Å². The molecule has 1 amide bonds. The van der Waals surface area contributed by atoms with Crippen molar-refractivity contribution in [1.29, 1.82) is 5.26 Å². The summed E-state index contributed by atoms with van der Waals surface area (Å²) in [6.07, 6.45) is 1.42. The molecule has 0 unspecified atom stereocenters. The van der Waals surface area contributed by atoms with Crippen LogP contribution in [0.2, 0.25) is 0 Å². The van der Waals surface area contributed by atoms with Gasteiger partial charge in [0.2, 0.25) is 0 Å². The molecule has 0 spiro atoms. The van der Waals surface area contributed by atoms with Gasteiger partial charge in [-0.1, -0.05) is 56.3 Å². The number of aliphatic hydroxyl groups is 1. The molecule has 3 N–H and O–H groups in total. The van der Waals surface area contributed by atoms with E-state index in [0.717, 1.165) is 16.7 Å². The van der Waals surface area contributed by atoms with Crippen molar-refractivity contribution < 1.29 is 9.90 Å². The molecule has 5 nitrogen and oxygen atoms in total. The van der Waals surface area contributed by atoms with Crippen LogP contribution in [0.3, 0.4) is 0 Å². The zero-order valence-electron chi connectivity index (χ0n) is 15.0. The summed E-state index contributed by atoms with van der Waals surface area (Å²) in [5, 5.41) is 24.1. The van der Waals surface area contributed by atoms with Gasteiger partial charge < -0.3 is 15.7 Å². The maximum atomic E-state index is 12.4. The van der Waals surface area contributed by atoms with Crippen LogP contribution in [-0.2, 0) is 17.9 Å². The highest BCUT2D eigenvalue weighted by molar-refractivity contribution is 6.06. The van der Waals surface area contributed by atoms with Crippen molar-refractivity contribution in [2.45, 2.75) is 32.9 Å². The van der Waals surface area contributed by atoms with Gasteiger partial charge in [-0.05, 0) is 28.7 Å². The molecule has 0 fully saturated rings. The van der Waals surface area contributed by atoms with E-state index in [1.807, 2.05) is 54.6 Å². The number of aliphatic hydroxyl groups excluding tert-OH is 1. The average Bonchev–Trinajstić information content (AvgIpc) is 2.66. The second-order valence-corrected chi connectivity index (χ2v) is 6.22. The number of nitrogens with zero attached hydrogens (tertiary/aromatic N) is 1. The van der Waals surface area contributed by atoms with Crippen LogP contribution in [0.4, 0.5) is 5.69 Å². The third kappa shape index (κ3) is 5.20. The maximum absolute atomic E-state index is 12.4. The number of hydrogen-bond donors (Lipinski definition) is 3. The van der Waals surface area contributed by atoms with Gasteiger partial charge in [0, 0.05) is 18.4 Å². The summed E-state index contributed by atoms with van der Waals surface area (Å²) in [5.74, 6) is -0.176. The zero-order chi connectivity index (χ0) is 18.9. The van der Waals surface area contributed by atoms with E-state index in [0.29, 0.717) is 12.2 Å². The fourth-order valence-electron chi connectivity index (χ4n) is 2.49. The summed E-state index contributed by atoms with van der Waals surface area (Å²) in [4.78, 5) is 12.4. The van der Waals surface area contributed by atoms with Gasteiger partial charge in [0.1, 0.15) is 11.6 Å². The summed E-state index contributed by atoms with van der Waals surface area (Å²) in [5.41, 5.74) is 3.57. The Morgan fingerprint density at radius 1 is 1.15 bits per heavy atom. The highest BCUT2D eigenvalue weighted by Crippen LogP contribution is 2.23. The van der Waals surface area contributed by atoms with Gasteiger partial charge in [-0.3, -0.25) is 4.79 Å². The Bertz CT molecular complexity index is 818. The van der Waals surface area contributed by atoms with E-state index in [-0.39, 0.29) is 18.1 Å². The molecule has 0 bridgehead atoms. The zero-order valence-corrected chi connectivity index (χ0v) is 15.0. The number of carbonyl (C=O) groups is 1. The molecule has 0 aliphatic carbocycles. The third-order valence-electron chi connectivity index (χ3n) is 3.95. The summed E-state index contributed by atoms with van der Waals surface area (Å²) in [6, 6.07) is 16.9. The molecule has 0 aliphatic rings. The van der Waals surface area contributed by atoms with Gasteiger partial charge in [0.05, 0.1) is 6.61 Å². The minimum atomic E-state index is -0.441. The maximum Gasteiger partial charge on any atom is 0.267 e. The first kappa shape index (κ1) is 19.2. The molecule has 2 aromatic carbocycles. The van der Waals surface area contributed by atoms with E-state index >= 15 is 0 Å². The van der Waals surface area contributed by atoms with Gasteiger partial charge in [-0.15, -0.1) is 0 Å². The number of rotatable bonds is 7. The van der Waals surface area contributed by atoms with Crippen molar-refractivity contribution in [3.63, 3.8) is 0 Å². The summed E-state index contributed by atoms with van der Waals surface area (Å²) >= 11 is 0. The second kappa shape index (κ2) is 9.40. The summed E-state index contributed by atoms with van der Waals surface area (Å²) in [7, 11) is 0. The van der Waals surface area contributed by atoms with E-state index in [4.69, 9.17) is 5.11 Å². The first-order valence-electron chi connectivity index (χ1n) is 8.47. The van der Waals surface area contributed by atoms with Crippen LogP contribution in [0.1, 0.15) is 36.5 Å². The Balaban J connectivity index is 2.01. The van der Waals surface area contributed by atoms with E-state index in [2.05, 4.69) is 24.5 Å². The van der Waals surface area contributed by atoms with Crippen LogP contribution >= 0.6 is 0 Å². The fraction of sp³-hybridized carbons (Fsp3) is 0.238. The average molecular weight is 349 g/mol. The van der Waals surface area contributed by atoms with Gasteiger partial charge in [-0.25, -0.2) is 0 Å². The SMILES string of the molecule is CC(C)c1ccccc1NC(=O)/C(C#N)=C\NCc1ccc(CO)cc1. The molecule has 5 heteroatoms. The molecule has 0 radical (unpaired) electrons. The van der Waals surface area contributed by atoms with Crippen molar-refractivity contribution in [3.05, 3.63) is 77.0 Å². The number of nitrogens with one attached hydrogen (secondary N) is 2. The molecular formula is C21H23N3O2. The topological polar surface area (TPSA) is 85.2 Å². The van der Waals surface area contributed by atoms with Gasteiger partial charge >= 0.3 is 0 Å². The van der Waals surface area contributed by atoms with Crippen molar-refractivity contribution in [2.75, 3.05) is 5.32 Å². The third-order valence-corrected chi connectivity index (χ3v) is 3.95. The molecular weight excluding hydrogens is 326 g/mol. The molecule has 0 heterocycles. The lowest BCUT2D eigenvalue weighted by Crippen LogP contribution is -2.17. The van der Waals surface area contributed by atoms with E-state index in [1.54, 1.807) is 0 Å². The monoisotopic (exact) mass is 349 g/mol. The molecule has 0 aliphatic heterocycles. The standard InChI is InChI=1S/C21H23N3O2/c1-15(2)19-5-3-4-6-20(19)24-21(26)18(11-22)13-23-12-16-7-9-17(14-25)10-8-16/h3-10,13,15,23,25H,12,14H2,1-2H3,(H,24,26)/b18-13-. The van der Waals surface area contributed by atoms with E-state index in [1.165, 1.54) is 6.20 Å². The number of para-hydroxylation sites is 1. The first-order chi connectivity index (χ1) is 12.5. The Labute approximate surface area is 154 Å². The van der Waals surface area contributed by atoms with Gasteiger partial charge in [0.25, 0.3) is 5.91 Å². The molecule has 0 atom stereocenters. The normalized spacial score (nSPS) is 11.1. The van der Waals surface area contributed by atoms with Crippen molar-refractivity contribution in [1.82, 2.24) is 5.32 Å². The Morgan fingerprint density at radius 3 is 2.42 bits per heavy atom. The van der Waals surface area contributed by atoms with Crippen LogP contribution in [-0.4, -0.2) is 11.0 Å². The Morgan fingerprint density at radius 2 is 1.81 bits per heavy atom. The Hall–Kier alpha value is -3.10. The van der Waals surface area contributed by atoms with Crippen LogP contribution in [0.5, 0.6) is 0 Å². The number of benzene rings is 2. The highest BCUT2D eigenvalue weighted by atomic mass is 16.3. The number of anilines is 1. The van der Waals surface area contributed by atoms with Gasteiger partial charge in [-0.2, -0.15) is 5.26 Å². The van der Waals surface area contributed by atoms with Crippen LogP contribution in [0.25, 0.3) is 0 Å². The molecule has 0 saturated heterocycles. The quantitative estimate of drug-likeness (QED) is 0.528. The predicted octanol–water partition coefficient (Wildman–Crippen LogP) is 3.44. The van der Waals surface area contributed by atoms with Crippen molar-refractivity contribution in [3.8, 4) is 6.07 Å². The molecule has 0 aromatic heterocycles. The van der Waals surface area contributed by atoms with Crippen molar-refractivity contribution in [2.24, 2.45) is 0 Å². The molecule has 0 saturated carbocycles. The second-order valence-electron chi connectivity index (χ2n) is 6.22. The minimum Gasteiger partial charge on any atom is -0.392 e.